The Labute approximate surface area is 62.1 Å². The summed E-state index contributed by atoms with van der Waals surface area (Å²) in [5.74, 6) is 0. The number of hydrogen-bond donors (Lipinski definition) is 0. The van der Waals surface area contributed by atoms with Crippen LogP contribution in [0.5, 0.6) is 0 Å². The minimum Gasteiger partial charge on any atom is -0.256 e. The summed E-state index contributed by atoms with van der Waals surface area (Å²) in [5, 5.41) is 0.800. The van der Waals surface area contributed by atoms with E-state index in [-0.39, 0.29) is 6.17 Å². The number of aromatic nitrogens is 1. The minimum atomic E-state index is 0.152. The molecule has 0 unspecified atom stereocenters. The Bertz CT molecular complexity index is 426. The zero-order chi connectivity index (χ0) is 8.55. The lowest BCUT2D eigenvalue weighted by Crippen LogP contribution is -1.73. The average molecular weight is 131 g/mol. The zero-order valence-electron chi connectivity index (χ0n) is 7.33. The Morgan fingerprint density at radius 1 is 1.20 bits per heavy atom. The number of para-hydroxylation sites is 1. The third-order valence-corrected chi connectivity index (χ3v) is 1.38. The smallest absolute Gasteiger partial charge is 0.0840 e. The molecule has 0 saturated heterocycles. The fourth-order valence-corrected chi connectivity index (χ4v) is 0.905. The maximum Gasteiger partial charge on any atom is 0.0840 e. The van der Waals surface area contributed by atoms with E-state index in [1.54, 1.807) is 0 Å². The molecule has 0 aliphatic carbocycles. The Kier molecular flexibility index (Phi) is 0.781. The van der Waals surface area contributed by atoms with Crippen molar-refractivity contribution in [2.75, 3.05) is 0 Å². The minimum absolute atomic E-state index is 0.152. The van der Waals surface area contributed by atoms with Gasteiger partial charge in [0.05, 0.1) is 8.26 Å². The molecule has 48 valence electrons. The van der Waals surface area contributed by atoms with Crippen molar-refractivity contribution in [3.8, 4) is 0 Å². The summed E-state index contributed by atoms with van der Waals surface area (Å²) in [6.07, 6.45) is 0.152. The van der Waals surface area contributed by atoms with Gasteiger partial charge in [0, 0.05) is 11.6 Å². The van der Waals surface area contributed by atoms with Gasteiger partial charge in [0.25, 0.3) is 0 Å². The molecule has 0 N–H and O–H groups in total. The largest absolute Gasteiger partial charge is 0.256 e. The summed E-state index contributed by atoms with van der Waals surface area (Å²) in [6.45, 7) is 0. The maximum absolute atomic E-state index is 7.54. The number of rotatable bonds is 0. The summed E-state index contributed by atoms with van der Waals surface area (Å²) in [7, 11) is 0. The van der Waals surface area contributed by atoms with Crippen LogP contribution >= 0.6 is 0 Å². The highest BCUT2D eigenvalue weighted by molar-refractivity contribution is 5.77. The molecule has 0 fully saturated rings. The molecular formula is C9H7N. The SMILES string of the molecule is [2H]c1cc([2H])c2ccccc2n1. The predicted octanol–water partition coefficient (Wildman–Crippen LogP) is 2.23. The number of pyridine rings is 1. The van der Waals surface area contributed by atoms with Crippen molar-refractivity contribution in [2.24, 2.45) is 0 Å². The highest BCUT2D eigenvalue weighted by Gasteiger charge is 1.86. The van der Waals surface area contributed by atoms with Crippen LogP contribution < -0.4 is 0 Å². The first kappa shape index (κ1) is 3.71. The molecule has 1 aromatic heterocycles. The van der Waals surface area contributed by atoms with E-state index in [0.29, 0.717) is 6.04 Å². The van der Waals surface area contributed by atoms with Crippen molar-refractivity contribution >= 4 is 10.9 Å². The van der Waals surface area contributed by atoms with Crippen molar-refractivity contribution < 1.29 is 2.74 Å². The van der Waals surface area contributed by atoms with Gasteiger partial charge in [-0.25, -0.2) is 0 Å². The molecular weight excluding hydrogens is 122 g/mol. The van der Waals surface area contributed by atoms with Crippen LogP contribution in [0, 0.1) is 0 Å². The summed E-state index contributed by atoms with van der Waals surface area (Å²) >= 11 is 0. The first-order valence-corrected chi connectivity index (χ1v) is 3.10. The molecule has 1 nitrogen and oxygen atoms in total. The lowest BCUT2D eigenvalue weighted by Gasteiger charge is -1.91. The lowest BCUT2D eigenvalue weighted by molar-refractivity contribution is 1.41. The van der Waals surface area contributed by atoms with Gasteiger partial charge in [0.1, 0.15) is 0 Å². The highest BCUT2D eigenvalue weighted by Crippen LogP contribution is 2.07. The summed E-state index contributed by atoms with van der Waals surface area (Å²) in [4.78, 5) is 3.98. The van der Waals surface area contributed by atoms with Gasteiger partial charge in [-0.15, -0.1) is 0 Å². The molecule has 2 aromatic rings. The van der Waals surface area contributed by atoms with E-state index in [2.05, 4.69) is 4.98 Å². The van der Waals surface area contributed by atoms with Crippen molar-refractivity contribution in [3.05, 3.63) is 42.5 Å². The Morgan fingerprint density at radius 2 is 2.10 bits per heavy atom. The van der Waals surface area contributed by atoms with E-state index in [0.717, 1.165) is 10.9 Å². The molecule has 0 radical (unpaired) electrons. The van der Waals surface area contributed by atoms with Crippen molar-refractivity contribution in [2.45, 2.75) is 0 Å². The Balaban J connectivity index is 2.89. The molecule has 0 saturated carbocycles. The van der Waals surface area contributed by atoms with Gasteiger partial charge in [-0.2, -0.15) is 0 Å². The molecule has 10 heavy (non-hydrogen) atoms. The fraction of sp³-hybridized carbons (Fsp3) is 0. The quantitative estimate of drug-likeness (QED) is 0.534. The van der Waals surface area contributed by atoms with Gasteiger partial charge in [-0.05, 0) is 12.1 Å². The third-order valence-electron chi connectivity index (χ3n) is 1.38. The van der Waals surface area contributed by atoms with Gasteiger partial charge < -0.3 is 0 Å². The lowest BCUT2D eigenvalue weighted by atomic mass is 10.2. The molecule has 0 spiro atoms. The first-order chi connectivity index (χ1) is 5.77. The van der Waals surface area contributed by atoms with Crippen molar-refractivity contribution in [1.29, 1.82) is 0 Å². The maximum atomic E-state index is 7.54. The average Bonchev–Trinajstić information content (AvgIpc) is 2.04. The van der Waals surface area contributed by atoms with Gasteiger partial charge in [-0.1, -0.05) is 24.2 Å². The van der Waals surface area contributed by atoms with E-state index in [9.17, 15) is 0 Å². The molecule has 1 heteroatoms. The van der Waals surface area contributed by atoms with Gasteiger partial charge >= 0.3 is 0 Å². The second-order valence-corrected chi connectivity index (χ2v) is 2.05. The molecule has 0 bridgehead atoms. The number of benzene rings is 1. The number of hydrogen-bond acceptors (Lipinski definition) is 1. The number of nitrogens with zero attached hydrogens (tertiary/aromatic N) is 1. The number of fused-ring (bicyclic) bond motifs is 1. The zero-order valence-corrected chi connectivity index (χ0v) is 5.33. The molecule has 1 heterocycles. The van der Waals surface area contributed by atoms with Crippen LogP contribution in [-0.2, 0) is 0 Å². The second-order valence-electron chi connectivity index (χ2n) is 2.05. The van der Waals surface area contributed by atoms with E-state index >= 15 is 0 Å². The van der Waals surface area contributed by atoms with E-state index in [4.69, 9.17) is 2.74 Å². The van der Waals surface area contributed by atoms with Crippen molar-refractivity contribution in [1.82, 2.24) is 4.98 Å². The standard InChI is InChI=1S/C9H7N/c1-2-6-9-8(4-1)5-3-7-10-9/h1-7H/i5D,7D. The van der Waals surface area contributed by atoms with Crippen LogP contribution in [0.4, 0.5) is 0 Å². The Hall–Kier alpha value is -1.37. The predicted molar refractivity (Wildman–Crippen MR) is 41.7 cm³/mol. The van der Waals surface area contributed by atoms with Gasteiger partial charge in [0.2, 0.25) is 0 Å². The second kappa shape index (κ2) is 2.10. The molecule has 0 amide bonds. The van der Waals surface area contributed by atoms with Gasteiger partial charge in [-0.3, -0.25) is 4.98 Å². The van der Waals surface area contributed by atoms with Crippen LogP contribution in [0.25, 0.3) is 10.9 Å². The molecule has 1 aromatic carbocycles. The summed E-state index contributed by atoms with van der Waals surface area (Å²) in [6, 6.07) is 9.18. The normalized spacial score (nSPS) is 12.8. The van der Waals surface area contributed by atoms with Crippen LogP contribution in [-0.4, -0.2) is 4.98 Å². The molecule has 0 aliphatic rings. The molecule has 2 rings (SSSR count). The third kappa shape index (κ3) is 0.760. The summed E-state index contributed by atoms with van der Waals surface area (Å²) in [5.41, 5.74) is 0.718. The molecule has 0 aliphatic heterocycles. The summed E-state index contributed by atoms with van der Waals surface area (Å²) < 4.78 is 14.8. The topological polar surface area (TPSA) is 12.9 Å². The van der Waals surface area contributed by atoms with Crippen LogP contribution in [0.3, 0.4) is 0 Å². The van der Waals surface area contributed by atoms with E-state index < -0.39 is 0 Å². The van der Waals surface area contributed by atoms with E-state index in [1.807, 2.05) is 24.3 Å². The highest BCUT2D eigenvalue weighted by atomic mass is 14.6. The first-order valence-electron chi connectivity index (χ1n) is 4.10. The van der Waals surface area contributed by atoms with Crippen LogP contribution in [0.1, 0.15) is 2.74 Å². The van der Waals surface area contributed by atoms with Crippen LogP contribution in [0.2, 0.25) is 0 Å². The van der Waals surface area contributed by atoms with Crippen LogP contribution in [0.15, 0.2) is 42.5 Å². The van der Waals surface area contributed by atoms with E-state index in [1.165, 1.54) is 6.07 Å². The monoisotopic (exact) mass is 131 g/mol. The fourth-order valence-electron chi connectivity index (χ4n) is 0.905. The van der Waals surface area contributed by atoms with Gasteiger partial charge in [0.15, 0.2) is 0 Å². The molecule has 0 atom stereocenters. The van der Waals surface area contributed by atoms with Crippen molar-refractivity contribution in [3.63, 3.8) is 0 Å². The Morgan fingerprint density at radius 3 is 3.10 bits per heavy atom.